The summed E-state index contributed by atoms with van der Waals surface area (Å²) in [7, 11) is -4.34. The van der Waals surface area contributed by atoms with Gasteiger partial charge in [-0.05, 0) is 68.1 Å². The van der Waals surface area contributed by atoms with Crippen LogP contribution in [-0.2, 0) is 14.9 Å². The number of benzene rings is 1. The second-order valence-electron chi connectivity index (χ2n) is 7.71. The first-order valence-electron chi connectivity index (χ1n) is 8.31. The highest BCUT2D eigenvalue weighted by atomic mass is 32.2. The summed E-state index contributed by atoms with van der Waals surface area (Å²) < 4.78 is 37.3. The highest BCUT2D eigenvalue weighted by molar-refractivity contribution is 7.85. The molecule has 0 saturated heterocycles. The zero-order valence-corrected chi connectivity index (χ0v) is 14.0. The predicted molar refractivity (Wildman–Crippen MR) is 85.9 cm³/mol. The first-order chi connectivity index (χ1) is 11.2. The summed E-state index contributed by atoms with van der Waals surface area (Å²) >= 11 is 0. The first kappa shape index (κ1) is 16.1. The number of hydrogen-bond donors (Lipinski definition) is 2. The minimum Gasteiger partial charge on any atom is -0.458 e. The standard InChI is InChI=1S/C17H21NO5S/c18-17-7-10-4-12(8-17)15(13(5-10)9-17)23-16(19)11-2-1-3-14(6-11)24(20,21)22/h1-3,6,10,12-13,15H,4-5,7-9,18H2,(H,20,21,22). The molecule has 24 heavy (non-hydrogen) atoms. The Hall–Kier alpha value is -1.44. The van der Waals surface area contributed by atoms with E-state index in [2.05, 4.69) is 0 Å². The van der Waals surface area contributed by atoms with E-state index in [1.807, 2.05) is 0 Å². The van der Waals surface area contributed by atoms with Crippen LogP contribution in [0.15, 0.2) is 29.2 Å². The van der Waals surface area contributed by atoms with Crippen LogP contribution in [0.4, 0.5) is 0 Å². The van der Waals surface area contributed by atoms with E-state index in [0.29, 0.717) is 17.8 Å². The maximum atomic E-state index is 12.5. The molecular formula is C17H21NO5S. The molecular weight excluding hydrogens is 330 g/mol. The lowest BCUT2D eigenvalue weighted by molar-refractivity contribution is -0.109. The molecule has 5 rings (SSSR count). The molecule has 4 saturated carbocycles. The van der Waals surface area contributed by atoms with Crippen LogP contribution in [0.3, 0.4) is 0 Å². The van der Waals surface area contributed by atoms with Gasteiger partial charge in [-0.3, -0.25) is 4.55 Å². The van der Waals surface area contributed by atoms with Gasteiger partial charge < -0.3 is 10.5 Å². The Kier molecular flexibility index (Phi) is 3.53. The van der Waals surface area contributed by atoms with Gasteiger partial charge in [0.05, 0.1) is 10.5 Å². The predicted octanol–water partition coefficient (Wildman–Crippen LogP) is 2.00. The third kappa shape index (κ3) is 2.74. The Bertz CT molecular complexity index is 774. The molecule has 1 aromatic rings. The summed E-state index contributed by atoms with van der Waals surface area (Å²) in [5, 5.41) is 0. The third-order valence-corrected chi connectivity index (χ3v) is 6.69. The highest BCUT2D eigenvalue weighted by Crippen LogP contribution is 2.55. The smallest absolute Gasteiger partial charge is 0.338 e. The topological polar surface area (TPSA) is 107 Å². The highest BCUT2D eigenvalue weighted by Gasteiger charge is 2.55. The summed E-state index contributed by atoms with van der Waals surface area (Å²) in [6.45, 7) is 0. The molecule has 4 aliphatic rings. The van der Waals surface area contributed by atoms with Crippen molar-refractivity contribution in [2.45, 2.75) is 48.6 Å². The van der Waals surface area contributed by atoms with Gasteiger partial charge in [0.15, 0.2) is 0 Å². The molecule has 0 aliphatic heterocycles. The Morgan fingerprint density at radius 3 is 2.46 bits per heavy atom. The number of ether oxygens (including phenoxy) is 1. The van der Waals surface area contributed by atoms with Crippen molar-refractivity contribution >= 4 is 16.1 Å². The second-order valence-corrected chi connectivity index (χ2v) is 9.13. The summed E-state index contributed by atoms with van der Waals surface area (Å²) in [4.78, 5) is 12.2. The van der Waals surface area contributed by atoms with E-state index >= 15 is 0 Å². The van der Waals surface area contributed by atoms with Crippen molar-refractivity contribution in [1.82, 2.24) is 0 Å². The number of nitrogens with two attached hydrogens (primary N) is 1. The van der Waals surface area contributed by atoms with E-state index < -0.39 is 16.1 Å². The summed E-state index contributed by atoms with van der Waals surface area (Å²) in [6.07, 6.45) is 4.83. The Morgan fingerprint density at radius 1 is 1.21 bits per heavy atom. The maximum Gasteiger partial charge on any atom is 0.338 e. The molecule has 4 bridgehead atoms. The van der Waals surface area contributed by atoms with Gasteiger partial charge in [-0.2, -0.15) is 8.42 Å². The van der Waals surface area contributed by atoms with Crippen molar-refractivity contribution in [3.05, 3.63) is 29.8 Å². The fourth-order valence-corrected chi connectivity index (χ4v) is 5.73. The van der Waals surface area contributed by atoms with Crippen LogP contribution < -0.4 is 5.73 Å². The van der Waals surface area contributed by atoms with Crippen molar-refractivity contribution in [2.24, 2.45) is 23.5 Å². The van der Waals surface area contributed by atoms with Crippen molar-refractivity contribution in [2.75, 3.05) is 0 Å². The van der Waals surface area contributed by atoms with Crippen LogP contribution in [0.5, 0.6) is 0 Å². The molecule has 6 nitrogen and oxygen atoms in total. The molecule has 0 amide bonds. The molecule has 4 fully saturated rings. The largest absolute Gasteiger partial charge is 0.458 e. The normalized spacial score (nSPS) is 37.4. The van der Waals surface area contributed by atoms with Gasteiger partial charge in [-0.25, -0.2) is 4.79 Å². The third-order valence-electron chi connectivity index (χ3n) is 5.84. The molecule has 0 radical (unpaired) electrons. The van der Waals surface area contributed by atoms with Gasteiger partial charge in [-0.1, -0.05) is 6.07 Å². The van der Waals surface area contributed by atoms with Crippen LogP contribution in [0.1, 0.15) is 42.5 Å². The summed E-state index contributed by atoms with van der Waals surface area (Å²) in [5.41, 5.74) is 6.50. The van der Waals surface area contributed by atoms with Crippen molar-refractivity contribution in [3.63, 3.8) is 0 Å². The van der Waals surface area contributed by atoms with Crippen LogP contribution in [0.2, 0.25) is 0 Å². The van der Waals surface area contributed by atoms with E-state index in [-0.39, 0.29) is 22.1 Å². The first-order valence-corrected chi connectivity index (χ1v) is 9.75. The lowest BCUT2D eigenvalue weighted by Gasteiger charge is -2.58. The molecule has 7 heteroatoms. The number of carbonyl (C=O) groups excluding carboxylic acids is 1. The molecule has 0 spiro atoms. The van der Waals surface area contributed by atoms with Crippen LogP contribution >= 0.6 is 0 Å². The molecule has 0 heterocycles. The number of hydrogen-bond acceptors (Lipinski definition) is 5. The summed E-state index contributed by atoms with van der Waals surface area (Å²) in [5.74, 6) is 0.708. The minimum absolute atomic E-state index is 0.0930. The number of carbonyl (C=O) groups is 1. The van der Waals surface area contributed by atoms with Crippen molar-refractivity contribution in [3.8, 4) is 0 Å². The molecule has 2 unspecified atom stereocenters. The van der Waals surface area contributed by atoms with Crippen molar-refractivity contribution < 1.29 is 22.5 Å². The average Bonchev–Trinajstić information content (AvgIpc) is 2.48. The number of esters is 1. The quantitative estimate of drug-likeness (QED) is 0.637. The molecule has 4 aliphatic carbocycles. The van der Waals surface area contributed by atoms with Gasteiger partial charge in [-0.15, -0.1) is 0 Å². The van der Waals surface area contributed by atoms with Crippen LogP contribution in [0, 0.1) is 17.8 Å². The molecule has 0 aromatic heterocycles. The van der Waals surface area contributed by atoms with Crippen LogP contribution in [-0.4, -0.2) is 30.6 Å². The van der Waals surface area contributed by atoms with E-state index in [1.165, 1.54) is 18.2 Å². The zero-order valence-electron chi connectivity index (χ0n) is 13.2. The summed E-state index contributed by atoms with van der Waals surface area (Å²) in [6, 6.07) is 5.31. The van der Waals surface area contributed by atoms with Gasteiger partial charge in [0.25, 0.3) is 10.1 Å². The Labute approximate surface area is 141 Å². The molecule has 1 aromatic carbocycles. The zero-order chi connectivity index (χ0) is 17.1. The lowest BCUT2D eigenvalue weighted by Crippen LogP contribution is -2.61. The second kappa shape index (κ2) is 5.28. The van der Waals surface area contributed by atoms with Crippen LogP contribution in [0.25, 0.3) is 0 Å². The van der Waals surface area contributed by atoms with Gasteiger partial charge in [0.2, 0.25) is 0 Å². The average molecular weight is 351 g/mol. The Morgan fingerprint density at radius 2 is 1.88 bits per heavy atom. The van der Waals surface area contributed by atoms with Gasteiger partial charge in [0, 0.05) is 5.54 Å². The Balaban J connectivity index is 1.53. The van der Waals surface area contributed by atoms with Gasteiger partial charge in [0.1, 0.15) is 6.10 Å². The lowest BCUT2D eigenvalue weighted by atomic mass is 9.52. The van der Waals surface area contributed by atoms with Crippen molar-refractivity contribution in [1.29, 1.82) is 0 Å². The van der Waals surface area contributed by atoms with E-state index in [4.69, 9.17) is 15.0 Å². The fourth-order valence-electron chi connectivity index (χ4n) is 5.21. The fraction of sp³-hybridized carbons (Fsp3) is 0.588. The number of rotatable bonds is 3. The molecule has 2 atom stereocenters. The molecule has 3 N–H and O–H groups in total. The SMILES string of the molecule is NC12CC3CC(C1)C(OC(=O)c1cccc(S(=O)(=O)O)c1)C(C3)C2. The monoisotopic (exact) mass is 351 g/mol. The molecule has 130 valence electrons. The maximum absolute atomic E-state index is 12.5. The minimum atomic E-state index is -4.34. The van der Waals surface area contributed by atoms with Gasteiger partial charge >= 0.3 is 5.97 Å². The van der Waals surface area contributed by atoms with E-state index in [0.717, 1.165) is 38.2 Å². The van der Waals surface area contributed by atoms with E-state index in [1.54, 1.807) is 0 Å². The van der Waals surface area contributed by atoms with E-state index in [9.17, 15) is 13.2 Å².